The van der Waals surface area contributed by atoms with Crippen LogP contribution in [0.4, 0.5) is 0 Å². The summed E-state index contributed by atoms with van der Waals surface area (Å²) in [5, 5.41) is 3.47. The van der Waals surface area contributed by atoms with E-state index in [1.54, 1.807) is 0 Å². The first-order valence-corrected chi connectivity index (χ1v) is 6.15. The third-order valence-corrected chi connectivity index (χ3v) is 3.85. The van der Waals surface area contributed by atoms with Gasteiger partial charge in [0, 0.05) is 29.3 Å². The summed E-state index contributed by atoms with van der Waals surface area (Å²) in [4.78, 5) is 4.23. The summed E-state index contributed by atoms with van der Waals surface area (Å²) in [6, 6.07) is 2.17. The van der Waals surface area contributed by atoms with Gasteiger partial charge in [0.2, 0.25) is 0 Å². The van der Waals surface area contributed by atoms with E-state index in [2.05, 4.69) is 38.4 Å². The van der Waals surface area contributed by atoms with Crippen molar-refractivity contribution in [2.45, 2.75) is 6.42 Å². The van der Waals surface area contributed by atoms with E-state index in [-0.39, 0.29) is 0 Å². The van der Waals surface area contributed by atoms with Crippen LogP contribution in [0.2, 0.25) is 0 Å². The van der Waals surface area contributed by atoms with Crippen LogP contribution in [0.3, 0.4) is 0 Å². The molecule has 1 saturated heterocycles. The zero-order valence-corrected chi connectivity index (χ0v) is 10.00. The fourth-order valence-corrected chi connectivity index (χ4v) is 3.04. The van der Waals surface area contributed by atoms with E-state index < -0.39 is 0 Å². The van der Waals surface area contributed by atoms with Crippen molar-refractivity contribution in [1.82, 2.24) is 10.3 Å². The smallest absolute Gasteiger partial charge is 0.0410 e. The summed E-state index contributed by atoms with van der Waals surface area (Å²) in [7, 11) is 0. The Balaban J connectivity index is 1.94. The molecule has 0 unspecified atom stereocenters. The second kappa shape index (κ2) is 3.72. The predicted octanol–water partition coefficient (Wildman–Crippen LogP) is 2.47. The fraction of sp³-hybridized carbons (Fsp3) is 0.417. The number of hydrogen-bond donors (Lipinski definition) is 1. The lowest BCUT2D eigenvalue weighted by Gasteiger charge is -2.13. The average Bonchev–Trinajstić information content (AvgIpc) is 2.77. The van der Waals surface area contributed by atoms with Crippen molar-refractivity contribution in [3.63, 3.8) is 0 Å². The molecule has 2 heterocycles. The summed E-state index contributed by atoms with van der Waals surface area (Å²) < 4.78 is 1.07. The molecule has 3 heteroatoms. The van der Waals surface area contributed by atoms with Crippen molar-refractivity contribution in [3.05, 3.63) is 34.6 Å². The number of nitrogens with one attached hydrogen (secondary N) is 1. The molecule has 78 valence electrons. The van der Waals surface area contributed by atoms with Crippen LogP contribution in [-0.2, 0) is 0 Å². The van der Waals surface area contributed by atoms with E-state index in [0.717, 1.165) is 16.9 Å². The van der Waals surface area contributed by atoms with Gasteiger partial charge in [-0.15, -0.1) is 0 Å². The van der Waals surface area contributed by atoms with E-state index >= 15 is 0 Å². The lowest BCUT2D eigenvalue weighted by Crippen LogP contribution is -2.10. The molecule has 1 N–H and O–H groups in total. The van der Waals surface area contributed by atoms with Crippen LogP contribution in [-0.4, -0.2) is 18.1 Å². The van der Waals surface area contributed by atoms with Crippen molar-refractivity contribution in [1.29, 1.82) is 0 Å². The first-order chi connectivity index (χ1) is 7.34. The van der Waals surface area contributed by atoms with Crippen LogP contribution >= 0.6 is 15.9 Å². The minimum absolute atomic E-state index is 0.709. The molecule has 1 aromatic rings. The van der Waals surface area contributed by atoms with Crippen LogP contribution in [0.5, 0.6) is 0 Å². The second-order valence-corrected chi connectivity index (χ2v) is 5.23. The van der Waals surface area contributed by atoms with Gasteiger partial charge in [-0.3, -0.25) is 4.98 Å². The quantitative estimate of drug-likeness (QED) is 0.843. The summed E-state index contributed by atoms with van der Waals surface area (Å²) in [6.45, 7) is 2.30. The Morgan fingerprint density at radius 1 is 1.33 bits per heavy atom. The van der Waals surface area contributed by atoms with Gasteiger partial charge in [0.25, 0.3) is 0 Å². The van der Waals surface area contributed by atoms with Gasteiger partial charge < -0.3 is 5.32 Å². The van der Waals surface area contributed by atoms with Crippen LogP contribution in [0.25, 0.3) is 5.57 Å². The lowest BCUT2D eigenvalue weighted by molar-refractivity contribution is 0.542. The van der Waals surface area contributed by atoms with Gasteiger partial charge in [-0.05, 0) is 52.0 Å². The Morgan fingerprint density at radius 2 is 2.27 bits per heavy atom. The molecule has 0 amide bonds. The van der Waals surface area contributed by atoms with Crippen molar-refractivity contribution in [2.75, 3.05) is 13.1 Å². The summed E-state index contributed by atoms with van der Waals surface area (Å²) >= 11 is 3.48. The van der Waals surface area contributed by atoms with Gasteiger partial charge >= 0.3 is 0 Å². The maximum Gasteiger partial charge on any atom is 0.0410 e. The molecule has 0 bridgehead atoms. The van der Waals surface area contributed by atoms with Crippen molar-refractivity contribution in [2.24, 2.45) is 11.8 Å². The Morgan fingerprint density at radius 3 is 3.13 bits per heavy atom. The van der Waals surface area contributed by atoms with Gasteiger partial charge in [0.05, 0.1) is 0 Å². The maximum atomic E-state index is 4.23. The molecule has 2 atom stereocenters. The molecular formula is C12H13BrN2. The van der Waals surface area contributed by atoms with Gasteiger partial charge in [-0.1, -0.05) is 6.08 Å². The number of halogens is 1. The molecule has 2 aliphatic rings. The largest absolute Gasteiger partial charge is 0.316 e. The summed E-state index contributed by atoms with van der Waals surface area (Å²) in [5.41, 5.74) is 2.76. The average molecular weight is 265 g/mol. The molecule has 15 heavy (non-hydrogen) atoms. The molecule has 0 aromatic carbocycles. The Kier molecular flexibility index (Phi) is 2.37. The molecule has 0 spiro atoms. The number of aromatic nitrogens is 1. The number of allylic oxidation sites excluding steroid dienone is 1. The molecule has 1 aliphatic heterocycles. The lowest BCUT2D eigenvalue weighted by atomic mass is 9.91. The van der Waals surface area contributed by atoms with E-state index in [4.69, 9.17) is 0 Å². The number of fused-ring (bicyclic) bond motifs is 1. The highest BCUT2D eigenvalue weighted by molar-refractivity contribution is 9.10. The van der Waals surface area contributed by atoms with Crippen molar-refractivity contribution < 1.29 is 0 Å². The summed E-state index contributed by atoms with van der Waals surface area (Å²) in [6.07, 6.45) is 7.42. The topological polar surface area (TPSA) is 24.9 Å². The zero-order valence-electron chi connectivity index (χ0n) is 8.41. The number of nitrogens with zero attached hydrogens (tertiary/aromatic N) is 1. The van der Waals surface area contributed by atoms with Crippen LogP contribution < -0.4 is 5.32 Å². The fourth-order valence-electron chi connectivity index (χ4n) is 2.68. The third kappa shape index (κ3) is 1.64. The zero-order chi connectivity index (χ0) is 10.3. The van der Waals surface area contributed by atoms with Crippen molar-refractivity contribution in [3.8, 4) is 0 Å². The standard InChI is InChI=1S/C12H13BrN2/c13-10-3-9(5-14-6-10)11-2-1-8-4-15-7-12(8)11/h2-3,5-6,8,12,15H,1,4,7H2/t8-,12+/m0/s1. The molecule has 0 saturated carbocycles. The Bertz CT molecular complexity index is 414. The molecule has 2 nitrogen and oxygen atoms in total. The van der Waals surface area contributed by atoms with Gasteiger partial charge in [0.15, 0.2) is 0 Å². The molecule has 1 aliphatic carbocycles. The highest BCUT2D eigenvalue weighted by atomic mass is 79.9. The van der Waals surface area contributed by atoms with E-state index in [1.807, 2.05) is 12.4 Å². The number of pyridine rings is 1. The van der Waals surface area contributed by atoms with E-state index in [0.29, 0.717) is 5.92 Å². The third-order valence-electron chi connectivity index (χ3n) is 3.42. The normalized spacial score (nSPS) is 29.0. The number of hydrogen-bond acceptors (Lipinski definition) is 2. The molecule has 3 rings (SSSR count). The SMILES string of the molecule is Brc1cncc(C2=CC[C@H]3CNC[C@@H]23)c1. The summed E-state index contributed by atoms with van der Waals surface area (Å²) in [5.74, 6) is 1.53. The van der Waals surface area contributed by atoms with Crippen molar-refractivity contribution >= 4 is 21.5 Å². The van der Waals surface area contributed by atoms with Crippen LogP contribution in [0.1, 0.15) is 12.0 Å². The predicted molar refractivity (Wildman–Crippen MR) is 64.4 cm³/mol. The van der Waals surface area contributed by atoms with Crippen LogP contribution in [0, 0.1) is 11.8 Å². The molecule has 0 radical (unpaired) electrons. The monoisotopic (exact) mass is 264 g/mol. The second-order valence-electron chi connectivity index (χ2n) is 4.31. The van der Waals surface area contributed by atoms with Gasteiger partial charge in [-0.2, -0.15) is 0 Å². The minimum Gasteiger partial charge on any atom is -0.316 e. The Hall–Kier alpha value is -0.670. The first kappa shape index (κ1) is 9.55. The minimum atomic E-state index is 0.709. The molecule has 1 aromatic heterocycles. The van der Waals surface area contributed by atoms with Crippen LogP contribution in [0.15, 0.2) is 29.0 Å². The highest BCUT2D eigenvalue weighted by Gasteiger charge is 2.34. The van der Waals surface area contributed by atoms with E-state index in [9.17, 15) is 0 Å². The van der Waals surface area contributed by atoms with E-state index in [1.165, 1.54) is 24.1 Å². The molecule has 1 fully saturated rings. The van der Waals surface area contributed by atoms with Gasteiger partial charge in [-0.25, -0.2) is 0 Å². The van der Waals surface area contributed by atoms with Gasteiger partial charge in [0.1, 0.15) is 0 Å². The number of rotatable bonds is 1. The highest BCUT2D eigenvalue weighted by Crippen LogP contribution is 2.40. The maximum absolute atomic E-state index is 4.23. The first-order valence-electron chi connectivity index (χ1n) is 5.36. The molecular weight excluding hydrogens is 252 g/mol. The Labute approximate surface area is 97.9 Å².